The molecule has 0 saturated carbocycles. The maximum absolute atomic E-state index is 11.9. The predicted molar refractivity (Wildman–Crippen MR) is 84.2 cm³/mol. The van der Waals surface area contributed by atoms with Crippen molar-refractivity contribution in [3.63, 3.8) is 0 Å². The number of rotatable bonds is 9. The zero-order valence-electron chi connectivity index (χ0n) is 13.5. The summed E-state index contributed by atoms with van der Waals surface area (Å²) in [5, 5.41) is 18.6. The van der Waals surface area contributed by atoms with Gasteiger partial charge in [-0.25, -0.2) is 4.68 Å². The number of thioether (sulfide) groups is 1. The third-order valence-corrected chi connectivity index (χ3v) is 4.03. The summed E-state index contributed by atoms with van der Waals surface area (Å²) >= 11 is 1.36. The number of tetrazole rings is 1. The molecule has 7 nitrogen and oxygen atoms in total. The van der Waals surface area contributed by atoms with Crippen LogP contribution in [0.25, 0.3) is 0 Å². The van der Waals surface area contributed by atoms with Gasteiger partial charge in [0, 0.05) is 18.1 Å². The molecule has 120 valence electrons. The normalized spacial score (nSPS) is 11.9. The van der Waals surface area contributed by atoms with Gasteiger partial charge in [-0.1, -0.05) is 32.5 Å². The van der Waals surface area contributed by atoms with Gasteiger partial charge in [-0.3, -0.25) is 4.79 Å². The molecule has 0 saturated heterocycles. The zero-order valence-corrected chi connectivity index (χ0v) is 14.3. The average molecular weight is 314 g/mol. The van der Waals surface area contributed by atoms with E-state index in [4.69, 9.17) is 0 Å². The molecule has 21 heavy (non-hydrogen) atoms. The van der Waals surface area contributed by atoms with Crippen molar-refractivity contribution >= 4 is 17.7 Å². The van der Waals surface area contributed by atoms with Gasteiger partial charge < -0.3 is 10.6 Å². The summed E-state index contributed by atoms with van der Waals surface area (Å²) in [7, 11) is 0. The molecule has 0 aliphatic carbocycles. The van der Waals surface area contributed by atoms with Gasteiger partial charge in [0.25, 0.3) is 0 Å². The van der Waals surface area contributed by atoms with Gasteiger partial charge in [0.05, 0.1) is 12.3 Å². The third-order valence-electron chi connectivity index (χ3n) is 3.07. The van der Waals surface area contributed by atoms with Gasteiger partial charge >= 0.3 is 0 Å². The van der Waals surface area contributed by atoms with Crippen molar-refractivity contribution in [3.05, 3.63) is 0 Å². The first-order chi connectivity index (χ1) is 9.84. The summed E-state index contributed by atoms with van der Waals surface area (Å²) in [4.78, 5) is 11.9. The maximum atomic E-state index is 11.9. The molecule has 0 spiro atoms. The first kappa shape index (κ1) is 17.9. The van der Waals surface area contributed by atoms with Crippen LogP contribution in [0, 0.1) is 0 Å². The van der Waals surface area contributed by atoms with Crippen molar-refractivity contribution in [2.45, 2.75) is 64.3 Å². The summed E-state index contributed by atoms with van der Waals surface area (Å²) in [6.45, 7) is 11.7. The Bertz CT molecular complexity index is 446. The lowest BCUT2D eigenvalue weighted by molar-refractivity contribution is -0.120. The first-order valence-corrected chi connectivity index (χ1v) is 8.26. The lowest BCUT2D eigenvalue weighted by Crippen LogP contribution is -2.43. The van der Waals surface area contributed by atoms with Crippen molar-refractivity contribution in [1.82, 2.24) is 30.8 Å². The molecule has 0 fully saturated rings. The highest BCUT2D eigenvalue weighted by Gasteiger charge is 2.18. The van der Waals surface area contributed by atoms with Gasteiger partial charge in [0.2, 0.25) is 11.1 Å². The number of hydrogen-bond acceptors (Lipinski definition) is 6. The van der Waals surface area contributed by atoms with E-state index in [0.717, 1.165) is 13.0 Å². The second-order valence-corrected chi connectivity index (χ2v) is 6.81. The van der Waals surface area contributed by atoms with Gasteiger partial charge in [0.15, 0.2) is 0 Å². The fourth-order valence-electron chi connectivity index (χ4n) is 1.53. The molecule has 1 heterocycles. The van der Waals surface area contributed by atoms with Crippen molar-refractivity contribution in [1.29, 1.82) is 0 Å². The lowest BCUT2D eigenvalue weighted by Gasteiger charge is -2.24. The van der Waals surface area contributed by atoms with Crippen molar-refractivity contribution < 1.29 is 4.79 Å². The summed E-state index contributed by atoms with van der Waals surface area (Å²) in [5.41, 5.74) is -0.176. The summed E-state index contributed by atoms with van der Waals surface area (Å²) in [6, 6.07) is 0.430. The standard InChI is InChI=1S/C13H26N6OS/c1-6-13(4,5)15-11(20)9-21-12-16-17-18-19(12)8-7-14-10(2)3/h10,14H,6-9H2,1-5H3,(H,15,20). The molecule has 8 heteroatoms. The SMILES string of the molecule is CCC(C)(C)NC(=O)CSc1nnnn1CCNC(C)C. The minimum Gasteiger partial charge on any atom is -0.351 e. The fraction of sp³-hybridized carbons (Fsp3) is 0.846. The molecule has 2 N–H and O–H groups in total. The number of hydrogen-bond donors (Lipinski definition) is 2. The van der Waals surface area contributed by atoms with Crippen molar-refractivity contribution in [3.8, 4) is 0 Å². The van der Waals surface area contributed by atoms with Crippen LogP contribution in [0.15, 0.2) is 5.16 Å². The van der Waals surface area contributed by atoms with Crippen LogP contribution >= 0.6 is 11.8 Å². The molecular weight excluding hydrogens is 288 g/mol. The van der Waals surface area contributed by atoms with Crippen LogP contribution in [0.3, 0.4) is 0 Å². The van der Waals surface area contributed by atoms with Crippen LogP contribution in [0.1, 0.15) is 41.0 Å². The monoisotopic (exact) mass is 314 g/mol. The van der Waals surface area contributed by atoms with Crippen molar-refractivity contribution in [2.75, 3.05) is 12.3 Å². The highest BCUT2D eigenvalue weighted by atomic mass is 32.2. The Morgan fingerprint density at radius 2 is 2.14 bits per heavy atom. The largest absolute Gasteiger partial charge is 0.351 e. The van der Waals surface area contributed by atoms with Crippen molar-refractivity contribution in [2.24, 2.45) is 0 Å². The number of carbonyl (C=O) groups excluding carboxylic acids is 1. The highest BCUT2D eigenvalue weighted by Crippen LogP contribution is 2.14. The second-order valence-electron chi connectivity index (χ2n) is 5.87. The van der Waals surface area contributed by atoms with Gasteiger partial charge in [-0.2, -0.15) is 0 Å². The van der Waals surface area contributed by atoms with Gasteiger partial charge in [0.1, 0.15) is 0 Å². The lowest BCUT2D eigenvalue weighted by atomic mass is 10.0. The van der Waals surface area contributed by atoms with E-state index in [1.54, 1.807) is 4.68 Å². The van der Waals surface area contributed by atoms with Crippen LogP contribution < -0.4 is 10.6 Å². The van der Waals surface area contributed by atoms with Crippen LogP contribution in [-0.4, -0.2) is 50.0 Å². The Labute approximate surface area is 130 Å². The van der Waals surface area contributed by atoms with Gasteiger partial charge in [-0.05, 0) is 30.7 Å². The minimum atomic E-state index is -0.176. The minimum absolute atomic E-state index is 0.00158. The third kappa shape index (κ3) is 6.90. The fourth-order valence-corrected chi connectivity index (χ4v) is 2.23. The molecule has 0 aromatic carbocycles. The summed E-state index contributed by atoms with van der Waals surface area (Å²) in [6.07, 6.45) is 0.891. The second kappa shape index (κ2) is 8.33. The van der Waals surface area contributed by atoms with Crippen LogP contribution in [0.2, 0.25) is 0 Å². The quantitative estimate of drug-likeness (QED) is 0.663. The number of amides is 1. The van der Waals surface area contributed by atoms with Crippen LogP contribution in [0.4, 0.5) is 0 Å². The average Bonchev–Trinajstić information content (AvgIpc) is 2.83. The summed E-state index contributed by atoms with van der Waals surface area (Å²) in [5.74, 6) is 0.322. The molecule has 0 radical (unpaired) electrons. The number of nitrogens with zero attached hydrogens (tertiary/aromatic N) is 4. The molecule has 1 rings (SSSR count). The molecule has 0 unspecified atom stereocenters. The smallest absolute Gasteiger partial charge is 0.230 e. The molecule has 0 aliphatic heterocycles. The van der Waals surface area contributed by atoms with E-state index < -0.39 is 0 Å². The van der Waals surface area contributed by atoms with E-state index in [9.17, 15) is 4.79 Å². The topological polar surface area (TPSA) is 84.7 Å². The molecule has 1 aromatic heterocycles. The Morgan fingerprint density at radius 3 is 2.76 bits per heavy atom. The molecule has 1 amide bonds. The Balaban J connectivity index is 2.42. The highest BCUT2D eigenvalue weighted by molar-refractivity contribution is 7.99. The van der Waals surface area contributed by atoms with E-state index in [1.165, 1.54) is 11.8 Å². The molecule has 1 aromatic rings. The number of aromatic nitrogens is 4. The van der Waals surface area contributed by atoms with Gasteiger partial charge in [-0.15, -0.1) is 5.10 Å². The Kier molecular flexibility index (Phi) is 7.10. The maximum Gasteiger partial charge on any atom is 0.230 e. The number of carbonyl (C=O) groups is 1. The van der Waals surface area contributed by atoms with Crippen LogP contribution in [-0.2, 0) is 11.3 Å². The van der Waals surface area contributed by atoms with E-state index >= 15 is 0 Å². The van der Waals surface area contributed by atoms with E-state index in [2.05, 4.69) is 46.9 Å². The molecule has 0 bridgehead atoms. The zero-order chi connectivity index (χ0) is 15.9. The predicted octanol–water partition coefficient (Wildman–Crippen LogP) is 1.07. The molecular formula is C13H26N6OS. The first-order valence-electron chi connectivity index (χ1n) is 7.27. The van der Waals surface area contributed by atoms with E-state index in [1.807, 2.05) is 13.8 Å². The van der Waals surface area contributed by atoms with E-state index in [0.29, 0.717) is 23.5 Å². The van der Waals surface area contributed by atoms with E-state index in [-0.39, 0.29) is 11.4 Å². The number of nitrogens with one attached hydrogen (secondary N) is 2. The Morgan fingerprint density at radius 1 is 1.43 bits per heavy atom. The summed E-state index contributed by atoms with van der Waals surface area (Å²) < 4.78 is 1.72. The molecule has 0 aliphatic rings. The molecule has 0 atom stereocenters. The van der Waals surface area contributed by atoms with Crippen LogP contribution in [0.5, 0.6) is 0 Å². The Hall–Kier alpha value is -1.15.